The van der Waals surface area contributed by atoms with Crippen molar-refractivity contribution in [3.8, 4) is 0 Å². The number of nitrogens with one attached hydrogen (secondary N) is 1. The molecule has 0 radical (unpaired) electrons. The van der Waals surface area contributed by atoms with E-state index in [-0.39, 0.29) is 0 Å². The highest BCUT2D eigenvalue weighted by Crippen LogP contribution is 2.15. The fourth-order valence-electron chi connectivity index (χ4n) is 0.379. The van der Waals surface area contributed by atoms with Crippen molar-refractivity contribution in [2.45, 2.75) is 25.5 Å². The molecule has 60 valence electrons. The molecule has 0 saturated heterocycles. The molecule has 0 aromatic rings. The summed E-state index contributed by atoms with van der Waals surface area (Å²) < 4.78 is 0. The van der Waals surface area contributed by atoms with E-state index in [0.717, 1.165) is 6.42 Å². The normalized spacial score (nSPS) is 12.8. The summed E-state index contributed by atoms with van der Waals surface area (Å²) >= 11 is 1.62. The first-order valence-corrected chi connectivity index (χ1v) is 4.38. The van der Waals surface area contributed by atoms with Crippen molar-refractivity contribution in [1.82, 2.24) is 4.90 Å². The second-order valence-electron chi connectivity index (χ2n) is 2.54. The van der Waals surface area contributed by atoms with E-state index >= 15 is 0 Å². The average Bonchev–Trinajstić information content (AvgIpc) is 1.87. The third-order valence-corrected chi connectivity index (χ3v) is 2.62. The molecule has 0 aromatic carbocycles. The van der Waals surface area contributed by atoms with Crippen LogP contribution in [-0.4, -0.2) is 29.4 Å². The molecule has 0 heterocycles. The fourth-order valence-corrected chi connectivity index (χ4v) is 1.14. The van der Waals surface area contributed by atoms with Crippen LogP contribution in [0.2, 0.25) is 0 Å². The van der Waals surface area contributed by atoms with E-state index in [9.17, 15) is 0 Å². The molecule has 2 nitrogen and oxygen atoms in total. The van der Waals surface area contributed by atoms with Crippen LogP contribution in [0.4, 0.5) is 0 Å². The van der Waals surface area contributed by atoms with Crippen molar-refractivity contribution in [3.05, 3.63) is 0 Å². The second kappa shape index (κ2) is 4.61. The van der Waals surface area contributed by atoms with Gasteiger partial charge in [0.1, 0.15) is 0 Å². The first kappa shape index (κ1) is 9.82. The smallest absolute Gasteiger partial charge is 0.156 e. The molecular formula is C7H16N2S. The third kappa shape index (κ3) is 3.77. The predicted octanol–water partition coefficient (Wildman–Crippen LogP) is 2.01. The van der Waals surface area contributed by atoms with Gasteiger partial charge < -0.3 is 4.90 Å². The molecule has 1 N–H and O–H groups in total. The zero-order valence-corrected chi connectivity index (χ0v) is 7.96. The van der Waals surface area contributed by atoms with Crippen molar-refractivity contribution in [1.29, 1.82) is 5.41 Å². The summed E-state index contributed by atoms with van der Waals surface area (Å²) in [6.45, 7) is 4.28. The van der Waals surface area contributed by atoms with Gasteiger partial charge in [-0.25, -0.2) is 0 Å². The minimum absolute atomic E-state index is 0.565. The summed E-state index contributed by atoms with van der Waals surface area (Å²) in [4.78, 5) is 1.83. The van der Waals surface area contributed by atoms with Crippen molar-refractivity contribution < 1.29 is 0 Å². The lowest BCUT2D eigenvalue weighted by Gasteiger charge is -2.15. The molecule has 1 atom stereocenters. The van der Waals surface area contributed by atoms with E-state index in [2.05, 4.69) is 13.8 Å². The van der Waals surface area contributed by atoms with Crippen LogP contribution in [0.1, 0.15) is 20.3 Å². The maximum absolute atomic E-state index is 7.47. The zero-order valence-electron chi connectivity index (χ0n) is 7.14. The number of rotatable bonds is 2. The van der Waals surface area contributed by atoms with Gasteiger partial charge in [0.2, 0.25) is 0 Å². The molecule has 0 saturated carbocycles. The highest BCUT2D eigenvalue weighted by atomic mass is 32.2. The number of hydrogen-bond donors (Lipinski definition) is 1. The van der Waals surface area contributed by atoms with Crippen LogP contribution in [0.5, 0.6) is 0 Å². The van der Waals surface area contributed by atoms with E-state index in [1.165, 1.54) is 0 Å². The summed E-state index contributed by atoms with van der Waals surface area (Å²) in [6.07, 6.45) is 1.13. The van der Waals surface area contributed by atoms with Gasteiger partial charge in [0, 0.05) is 19.3 Å². The zero-order chi connectivity index (χ0) is 8.15. The molecule has 0 rings (SSSR count). The number of amidine groups is 1. The number of thioether (sulfide) groups is 1. The monoisotopic (exact) mass is 160 g/mol. The SMILES string of the molecule is CCC(C)SC(=N)N(C)C. The van der Waals surface area contributed by atoms with Crippen molar-refractivity contribution in [2.24, 2.45) is 0 Å². The maximum Gasteiger partial charge on any atom is 0.156 e. The van der Waals surface area contributed by atoms with Gasteiger partial charge in [-0.3, -0.25) is 5.41 Å². The van der Waals surface area contributed by atoms with Crippen molar-refractivity contribution in [2.75, 3.05) is 14.1 Å². The van der Waals surface area contributed by atoms with Crippen molar-refractivity contribution in [3.63, 3.8) is 0 Å². The maximum atomic E-state index is 7.47. The van der Waals surface area contributed by atoms with Gasteiger partial charge in [0.05, 0.1) is 0 Å². The van der Waals surface area contributed by atoms with E-state index < -0.39 is 0 Å². The summed E-state index contributed by atoms with van der Waals surface area (Å²) in [5.41, 5.74) is 0. The minimum Gasteiger partial charge on any atom is -0.358 e. The summed E-state index contributed by atoms with van der Waals surface area (Å²) in [6, 6.07) is 0. The third-order valence-electron chi connectivity index (χ3n) is 1.29. The Morgan fingerprint density at radius 1 is 1.60 bits per heavy atom. The molecule has 0 fully saturated rings. The van der Waals surface area contributed by atoms with Crippen LogP contribution in [0, 0.1) is 5.41 Å². The van der Waals surface area contributed by atoms with Crippen LogP contribution in [-0.2, 0) is 0 Å². The molecule has 3 heteroatoms. The Balaban J connectivity index is 3.57. The van der Waals surface area contributed by atoms with E-state index in [0.29, 0.717) is 10.4 Å². The van der Waals surface area contributed by atoms with Gasteiger partial charge in [-0.2, -0.15) is 0 Å². The van der Waals surface area contributed by atoms with Gasteiger partial charge in [-0.15, -0.1) is 0 Å². The van der Waals surface area contributed by atoms with Gasteiger partial charge >= 0.3 is 0 Å². The Kier molecular flexibility index (Phi) is 4.52. The number of hydrogen-bond acceptors (Lipinski definition) is 2. The fraction of sp³-hybridized carbons (Fsp3) is 0.857. The van der Waals surface area contributed by atoms with Gasteiger partial charge in [0.15, 0.2) is 5.17 Å². The molecular weight excluding hydrogens is 144 g/mol. The predicted molar refractivity (Wildman–Crippen MR) is 48.8 cm³/mol. The highest BCUT2D eigenvalue weighted by molar-refractivity contribution is 8.14. The molecule has 0 amide bonds. The highest BCUT2D eigenvalue weighted by Gasteiger charge is 2.04. The Hall–Kier alpha value is -0.180. The summed E-state index contributed by atoms with van der Waals surface area (Å²) in [5, 5.41) is 8.68. The molecule has 10 heavy (non-hydrogen) atoms. The molecule has 0 aliphatic heterocycles. The summed E-state index contributed by atoms with van der Waals surface area (Å²) in [7, 11) is 3.80. The van der Waals surface area contributed by atoms with Crippen LogP contribution >= 0.6 is 11.8 Å². The Morgan fingerprint density at radius 2 is 2.10 bits per heavy atom. The molecule has 0 bridgehead atoms. The van der Waals surface area contributed by atoms with Crippen LogP contribution in [0.3, 0.4) is 0 Å². The lowest BCUT2D eigenvalue weighted by Crippen LogP contribution is -2.19. The van der Waals surface area contributed by atoms with Crippen LogP contribution in [0.25, 0.3) is 0 Å². The first-order chi connectivity index (χ1) is 4.57. The van der Waals surface area contributed by atoms with Crippen molar-refractivity contribution >= 4 is 16.9 Å². The topological polar surface area (TPSA) is 27.1 Å². The minimum atomic E-state index is 0.565. The molecule has 0 spiro atoms. The molecule has 0 aliphatic carbocycles. The number of nitrogens with zero attached hydrogens (tertiary/aromatic N) is 1. The lowest BCUT2D eigenvalue weighted by atomic mass is 10.4. The quantitative estimate of drug-likeness (QED) is 0.494. The van der Waals surface area contributed by atoms with Crippen LogP contribution in [0.15, 0.2) is 0 Å². The Labute approximate surface area is 67.5 Å². The largest absolute Gasteiger partial charge is 0.358 e. The van der Waals surface area contributed by atoms with Gasteiger partial charge in [-0.05, 0) is 6.42 Å². The van der Waals surface area contributed by atoms with E-state index in [1.54, 1.807) is 11.8 Å². The molecule has 0 aromatic heterocycles. The molecule has 0 aliphatic rings. The molecule has 1 unspecified atom stereocenters. The Bertz CT molecular complexity index is 112. The van der Waals surface area contributed by atoms with E-state index in [4.69, 9.17) is 5.41 Å². The Morgan fingerprint density at radius 3 is 2.40 bits per heavy atom. The van der Waals surface area contributed by atoms with Crippen LogP contribution < -0.4 is 0 Å². The lowest BCUT2D eigenvalue weighted by molar-refractivity contribution is 0.631. The second-order valence-corrected chi connectivity index (χ2v) is 3.96. The van der Waals surface area contributed by atoms with E-state index in [1.807, 2.05) is 19.0 Å². The van der Waals surface area contributed by atoms with Gasteiger partial charge in [-0.1, -0.05) is 25.6 Å². The standard InChI is InChI=1S/C7H16N2S/c1-5-6(2)10-7(8)9(3)4/h6,8H,5H2,1-4H3. The first-order valence-electron chi connectivity index (χ1n) is 3.50. The van der Waals surface area contributed by atoms with Gasteiger partial charge in [0.25, 0.3) is 0 Å². The summed E-state index contributed by atoms with van der Waals surface area (Å²) in [5.74, 6) is 0. The average molecular weight is 160 g/mol.